The average molecular weight is 488 g/mol. The fourth-order valence-corrected chi connectivity index (χ4v) is 4.09. The van der Waals surface area contributed by atoms with E-state index in [1.807, 2.05) is 63.8 Å². The Morgan fingerprint density at radius 2 is 1.86 bits per heavy atom. The number of ether oxygens (including phenoxy) is 2. The molecule has 1 unspecified atom stereocenters. The van der Waals surface area contributed by atoms with E-state index in [0.717, 1.165) is 0 Å². The number of amides is 1. The molecule has 0 aliphatic carbocycles. The summed E-state index contributed by atoms with van der Waals surface area (Å²) in [6.07, 6.45) is -0.238. The molecule has 1 atom stereocenters. The van der Waals surface area contributed by atoms with Gasteiger partial charge in [0.25, 0.3) is 5.56 Å². The summed E-state index contributed by atoms with van der Waals surface area (Å²) in [6, 6.07) is 7.49. The van der Waals surface area contributed by atoms with Crippen molar-refractivity contribution >= 4 is 17.4 Å². The molecule has 0 saturated carbocycles. The Hall–Kier alpha value is -3.27. The molecular weight excluding hydrogens is 450 g/mol. The zero-order chi connectivity index (χ0) is 25.7. The van der Waals surface area contributed by atoms with Crippen LogP contribution in [0.5, 0.6) is 11.5 Å². The number of nitrogens with one attached hydrogen (secondary N) is 1. The Morgan fingerprint density at radius 1 is 1.17 bits per heavy atom. The molecule has 1 aliphatic rings. The number of hydrogen-bond acceptors (Lipinski definition) is 7. The van der Waals surface area contributed by atoms with Crippen LogP contribution in [-0.4, -0.2) is 59.2 Å². The number of H-pyrrole nitrogens is 1. The fourth-order valence-electron chi connectivity index (χ4n) is 4.09. The number of aromatic nitrogens is 2. The van der Waals surface area contributed by atoms with E-state index < -0.39 is 11.2 Å². The average Bonchev–Trinajstić information content (AvgIpc) is 2.80. The SMILES string of the molecule is CCN(CC(=O)N(CC(C)C)c1c(N)n(CC(C)C)c(=O)[nH]c1=O)CC1COc2ccccc2O1. The molecule has 1 aliphatic heterocycles. The van der Waals surface area contributed by atoms with Crippen LogP contribution in [0.1, 0.15) is 34.6 Å². The minimum Gasteiger partial charge on any atom is -0.486 e. The normalized spacial score (nSPS) is 15.1. The van der Waals surface area contributed by atoms with Crippen molar-refractivity contribution in [1.29, 1.82) is 0 Å². The Balaban J connectivity index is 1.82. The molecule has 3 rings (SSSR count). The molecule has 1 aromatic carbocycles. The van der Waals surface area contributed by atoms with E-state index in [1.165, 1.54) is 9.47 Å². The van der Waals surface area contributed by atoms with Crippen LogP contribution in [-0.2, 0) is 11.3 Å². The highest BCUT2D eigenvalue weighted by molar-refractivity contribution is 5.96. The van der Waals surface area contributed by atoms with Gasteiger partial charge >= 0.3 is 5.69 Å². The van der Waals surface area contributed by atoms with Crippen LogP contribution < -0.4 is 31.4 Å². The van der Waals surface area contributed by atoms with Gasteiger partial charge in [0.2, 0.25) is 5.91 Å². The van der Waals surface area contributed by atoms with E-state index in [0.29, 0.717) is 44.3 Å². The number of carbonyl (C=O) groups is 1. The molecule has 10 heteroatoms. The number of nitrogens with two attached hydrogens (primary N) is 1. The molecule has 1 amide bonds. The van der Waals surface area contributed by atoms with Gasteiger partial charge in [-0.3, -0.25) is 24.0 Å². The van der Waals surface area contributed by atoms with Crippen molar-refractivity contribution in [3.05, 3.63) is 45.1 Å². The molecule has 2 aromatic rings. The lowest BCUT2D eigenvalue weighted by Crippen LogP contribution is -2.49. The first-order valence-corrected chi connectivity index (χ1v) is 12.1. The van der Waals surface area contributed by atoms with Crippen molar-refractivity contribution in [1.82, 2.24) is 14.5 Å². The maximum atomic E-state index is 13.5. The summed E-state index contributed by atoms with van der Waals surface area (Å²) >= 11 is 0. The Morgan fingerprint density at radius 3 is 2.49 bits per heavy atom. The van der Waals surface area contributed by atoms with Gasteiger partial charge in [-0.25, -0.2) is 4.79 Å². The smallest absolute Gasteiger partial charge is 0.330 e. The van der Waals surface area contributed by atoms with E-state index >= 15 is 0 Å². The summed E-state index contributed by atoms with van der Waals surface area (Å²) in [5, 5.41) is 0. The van der Waals surface area contributed by atoms with Crippen molar-refractivity contribution in [2.45, 2.75) is 47.3 Å². The number of rotatable bonds is 10. The largest absolute Gasteiger partial charge is 0.486 e. The lowest BCUT2D eigenvalue weighted by molar-refractivity contribution is -0.120. The summed E-state index contributed by atoms with van der Waals surface area (Å²) in [7, 11) is 0. The molecule has 3 N–H and O–H groups in total. The van der Waals surface area contributed by atoms with Gasteiger partial charge in [-0.05, 0) is 30.5 Å². The van der Waals surface area contributed by atoms with Crippen LogP contribution in [0.15, 0.2) is 33.9 Å². The highest BCUT2D eigenvalue weighted by Crippen LogP contribution is 2.31. The van der Waals surface area contributed by atoms with E-state index in [-0.39, 0.29) is 41.9 Å². The Bertz CT molecular complexity index is 1140. The van der Waals surface area contributed by atoms with Crippen molar-refractivity contribution in [2.75, 3.05) is 43.4 Å². The molecule has 0 radical (unpaired) electrons. The highest BCUT2D eigenvalue weighted by Gasteiger charge is 2.28. The van der Waals surface area contributed by atoms with Crippen LogP contribution in [0, 0.1) is 11.8 Å². The van der Waals surface area contributed by atoms with Gasteiger partial charge in [-0.1, -0.05) is 46.8 Å². The van der Waals surface area contributed by atoms with Crippen molar-refractivity contribution in [3.8, 4) is 11.5 Å². The summed E-state index contributed by atoms with van der Waals surface area (Å²) in [5.74, 6) is 1.32. The monoisotopic (exact) mass is 487 g/mol. The van der Waals surface area contributed by atoms with Gasteiger partial charge in [0.1, 0.15) is 18.5 Å². The van der Waals surface area contributed by atoms with Gasteiger partial charge in [-0.2, -0.15) is 0 Å². The number of aromatic amines is 1. The van der Waals surface area contributed by atoms with Gasteiger partial charge in [0.05, 0.1) is 6.54 Å². The molecule has 0 saturated heterocycles. The lowest BCUT2D eigenvalue weighted by atomic mass is 10.2. The number of anilines is 2. The third kappa shape index (κ3) is 6.45. The summed E-state index contributed by atoms with van der Waals surface area (Å²) in [6.45, 7) is 11.9. The molecule has 0 bridgehead atoms. The van der Waals surface area contributed by atoms with Crippen LogP contribution >= 0.6 is 0 Å². The second kappa shape index (κ2) is 11.4. The number of fused-ring (bicyclic) bond motifs is 1. The topological polar surface area (TPSA) is 123 Å². The van der Waals surface area contributed by atoms with Crippen LogP contribution in [0.2, 0.25) is 0 Å². The standard InChI is InChI=1S/C25H37N5O5/c1-6-28(13-18-15-34-19-9-7-8-10-20(19)35-18)14-21(31)29(11-16(2)3)22-23(26)30(12-17(4)5)25(33)27-24(22)32/h7-10,16-18H,6,11-15,26H2,1-5H3,(H,27,32,33). The number of nitrogen functional groups attached to an aromatic ring is 1. The van der Waals surface area contributed by atoms with Crippen LogP contribution in [0.4, 0.5) is 11.5 Å². The number of benzene rings is 1. The molecule has 10 nitrogen and oxygen atoms in total. The van der Waals surface area contributed by atoms with Gasteiger partial charge in [-0.15, -0.1) is 0 Å². The molecule has 2 heterocycles. The number of para-hydroxylation sites is 2. The quantitative estimate of drug-likeness (QED) is 0.525. The second-order valence-corrected chi connectivity index (χ2v) is 9.72. The zero-order valence-electron chi connectivity index (χ0n) is 21.2. The fraction of sp³-hybridized carbons (Fsp3) is 0.560. The number of carbonyl (C=O) groups excluding carboxylic acids is 1. The van der Waals surface area contributed by atoms with Gasteiger partial charge < -0.3 is 20.1 Å². The predicted octanol–water partition coefficient (Wildman–Crippen LogP) is 1.93. The molecule has 192 valence electrons. The predicted molar refractivity (Wildman–Crippen MR) is 136 cm³/mol. The highest BCUT2D eigenvalue weighted by atomic mass is 16.6. The third-order valence-corrected chi connectivity index (χ3v) is 5.72. The van der Waals surface area contributed by atoms with E-state index in [9.17, 15) is 14.4 Å². The Labute approximate surface area is 205 Å². The van der Waals surface area contributed by atoms with Crippen LogP contribution in [0.3, 0.4) is 0 Å². The summed E-state index contributed by atoms with van der Waals surface area (Å²) in [5.41, 5.74) is 5.09. The number of hydrogen-bond donors (Lipinski definition) is 2. The molecule has 0 fully saturated rings. The zero-order valence-corrected chi connectivity index (χ0v) is 21.2. The second-order valence-electron chi connectivity index (χ2n) is 9.72. The van der Waals surface area contributed by atoms with Crippen LogP contribution in [0.25, 0.3) is 0 Å². The van der Waals surface area contributed by atoms with E-state index in [1.54, 1.807) is 0 Å². The van der Waals surface area contributed by atoms with E-state index in [2.05, 4.69) is 4.98 Å². The van der Waals surface area contributed by atoms with Crippen molar-refractivity contribution in [2.24, 2.45) is 11.8 Å². The molecule has 1 aromatic heterocycles. The first kappa shape index (κ1) is 26.3. The number of likely N-dealkylation sites (N-methyl/N-ethyl adjacent to an activating group) is 1. The lowest BCUT2D eigenvalue weighted by Gasteiger charge is -2.32. The minimum atomic E-state index is -0.662. The van der Waals surface area contributed by atoms with Gasteiger partial charge in [0.15, 0.2) is 17.2 Å². The Kier molecular flexibility index (Phi) is 8.61. The molecule has 0 spiro atoms. The van der Waals surface area contributed by atoms with Crippen molar-refractivity contribution < 1.29 is 14.3 Å². The third-order valence-electron chi connectivity index (χ3n) is 5.72. The first-order chi connectivity index (χ1) is 16.6. The molecule has 35 heavy (non-hydrogen) atoms. The maximum Gasteiger partial charge on any atom is 0.330 e. The summed E-state index contributed by atoms with van der Waals surface area (Å²) in [4.78, 5) is 44.4. The summed E-state index contributed by atoms with van der Waals surface area (Å²) < 4.78 is 13.2. The minimum absolute atomic E-state index is 0.00474. The van der Waals surface area contributed by atoms with E-state index in [4.69, 9.17) is 15.2 Å². The first-order valence-electron chi connectivity index (χ1n) is 12.1. The van der Waals surface area contributed by atoms with Gasteiger partial charge in [0, 0.05) is 19.6 Å². The van der Waals surface area contributed by atoms with Crippen molar-refractivity contribution in [3.63, 3.8) is 0 Å². The number of nitrogens with zero attached hydrogens (tertiary/aromatic N) is 3. The molecular formula is C25H37N5O5. The maximum absolute atomic E-state index is 13.5.